The number of aliphatic hydroxyl groups excluding tert-OH is 1. The van der Waals surface area contributed by atoms with Crippen LogP contribution in [-0.2, 0) is 17.0 Å². The fourth-order valence-electron chi connectivity index (χ4n) is 1.89. The number of nitro groups is 1. The first-order valence-corrected chi connectivity index (χ1v) is 7.93. The van der Waals surface area contributed by atoms with Gasteiger partial charge in [-0.1, -0.05) is 24.3 Å². The molecule has 0 saturated heterocycles. The second-order valence-electron chi connectivity index (χ2n) is 4.70. The normalized spacial score (nSPS) is 11.1. The number of hydrogen-bond donors (Lipinski definition) is 1. The van der Waals surface area contributed by atoms with Crippen LogP contribution in [0.5, 0.6) is 5.75 Å². The Labute approximate surface area is 166 Å². The SMILES string of the molecule is O=[N+]([O-])c1ccc(C=Cc2ccc(CO)cc2OS(=O)(=O)[O-])cc1.[Na+]. The Balaban J connectivity index is 0.00000312. The molecule has 0 saturated carbocycles. The van der Waals surface area contributed by atoms with Gasteiger partial charge in [-0.05, 0) is 29.3 Å². The minimum Gasteiger partial charge on any atom is -0.716 e. The summed E-state index contributed by atoms with van der Waals surface area (Å²) in [5.41, 5.74) is 1.25. The largest absolute Gasteiger partial charge is 1.00 e. The van der Waals surface area contributed by atoms with Crippen molar-refractivity contribution in [3.8, 4) is 5.75 Å². The second-order valence-corrected chi connectivity index (χ2v) is 5.69. The van der Waals surface area contributed by atoms with Crippen LogP contribution in [0.2, 0.25) is 0 Å². The van der Waals surface area contributed by atoms with E-state index in [0.29, 0.717) is 16.7 Å². The van der Waals surface area contributed by atoms with Crippen LogP contribution in [-0.4, -0.2) is 23.0 Å². The monoisotopic (exact) mass is 373 g/mol. The van der Waals surface area contributed by atoms with Crippen molar-refractivity contribution in [2.45, 2.75) is 6.61 Å². The van der Waals surface area contributed by atoms with Gasteiger partial charge >= 0.3 is 29.6 Å². The average Bonchev–Trinajstić information content (AvgIpc) is 2.52. The predicted octanol–water partition coefficient (Wildman–Crippen LogP) is -0.899. The minimum atomic E-state index is -4.96. The van der Waals surface area contributed by atoms with E-state index in [0.717, 1.165) is 0 Å². The number of benzene rings is 2. The van der Waals surface area contributed by atoms with Crippen molar-refractivity contribution in [3.63, 3.8) is 0 Å². The quantitative estimate of drug-likeness (QED) is 0.173. The van der Waals surface area contributed by atoms with E-state index in [-0.39, 0.29) is 47.6 Å². The van der Waals surface area contributed by atoms with E-state index in [4.69, 9.17) is 5.11 Å². The summed E-state index contributed by atoms with van der Waals surface area (Å²) in [5, 5.41) is 19.7. The first-order chi connectivity index (χ1) is 11.3. The first-order valence-electron chi connectivity index (χ1n) is 6.60. The third-order valence-electron chi connectivity index (χ3n) is 3.01. The maximum absolute atomic E-state index is 10.8. The molecule has 0 aromatic heterocycles. The maximum Gasteiger partial charge on any atom is 1.00 e. The van der Waals surface area contributed by atoms with E-state index in [9.17, 15) is 23.1 Å². The molecule has 0 bridgehead atoms. The molecule has 0 heterocycles. The zero-order chi connectivity index (χ0) is 17.7. The molecule has 25 heavy (non-hydrogen) atoms. The molecule has 0 atom stereocenters. The molecule has 0 fully saturated rings. The van der Waals surface area contributed by atoms with E-state index in [2.05, 4.69) is 4.18 Å². The molecule has 2 rings (SSSR count). The van der Waals surface area contributed by atoms with E-state index < -0.39 is 15.3 Å². The Kier molecular flexibility index (Phi) is 7.74. The van der Waals surface area contributed by atoms with Crippen molar-refractivity contribution in [1.82, 2.24) is 0 Å². The van der Waals surface area contributed by atoms with Crippen molar-refractivity contribution in [3.05, 3.63) is 69.3 Å². The average molecular weight is 373 g/mol. The summed E-state index contributed by atoms with van der Waals surface area (Å²) in [7, 11) is -4.96. The van der Waals surface area contributed by atoms with E-state index in [1.165, 1.54) is 42.5 Å². The smallest absolute Gasteiger partial charge is 0.716 e. The van der Waals surface area contributed by atoms with E-state index in [1.807, 2.05) is 0 Å². The fourth-order valence-corrected chi connectivity index (χ4v) is 2.25. The Morgan fingerprint density at radius 2 is 1.76 bits per heavy atom. The molecule has 126 valence electrons. The molecular formula is C15H12NNaO7S. The molecule has 0 amide bonds. The van der Waals surface area contributed by atoms with Crippen LogP contribution in [0, 0.1) is 10.1 Å². The van der Waals surface area contributed by atoms with Crippen LogP contribution in [0.1, 0.15) is 16.7 Å². The molecule has 0 radical (unpaired) electrons. The topological polar surface area (TPSA) is 130 Å². The van der Waals surface area contributed by atoms with Crippen LogP contribution in [0.15, 0.2) is 42.5 Å². The fraction of sp³-hybridized carbons (Fsp3) is 0.0667. The number of hydrogen-bond acceptors (Lipinski definition) is 7. The van der Waals surface area contributed by atoms with Crippen LogP contribution < -0.4 is 33.7 Å². The number of non-ortho nitro benzene ring substituents is 1. The predicted molar refractivity (Wildman–Crippen MR) is 84.7 cm³/mol. The zero-order valence-corrected chi connectivity index (χ0v) is 16.0. The summed E-state index contributed by atoms with van der Waals surface area (Å²) in [6, 6.07) is 9.95. The van der Waals surface area contributed by atoms with Gasteiger partial charge in [-0.15, -0.1) is 0 Å². The Hall–Kier alpha value is -1.75. The van der Waals surface area contributed by atoms with E-state index in [1.54, 1.807) is 12.1 Å². The molecule has 0 unspecified atom stereocenters. The Bertz CT molecular complexity index is 879. The Morgan fingerprint density at radius 1 is 1.12 bits per heavy atom. The van der Waals surface area contributed by atoms with Gasteiger partial charge in [-0.25, -0.2) is 8.42 Å². The molecule has 0 aliphatic heterocycles. The van der Waals surface area contributed by atoms with Crippen molar-refractivity contribution in [2.24, 2.45) is 0 Å². The van der Waals surface area contributed by atoms with Crippen LogP contribution in [0.3, 0.4) is 0 Å². The summed E-state index contributed by atoms with van der Waals surface area (Å²) >= 11 is 0. The van der Waals surface area contributed by atoms with Gasteiger partial charge in [0.15, 0.2) is 0 Å². The van der Waals surface area contributed by atoms with E-state index >= 15 is 0 Å². The zero-order valence-electron chi connectivity index (χ0n) is 13.2. The first kappa shape index (κ1) is 21.3. The standard InChI is InChI=1S/C15H13NO7S.Na/c17-10-12-2-6-13(15(9-12)23-24(20,21)22)5-1-11-3-7-14(8-4-11)16(18)19;/h1-9,17H,10H2,(H,20,21,22);/q;+1/p-1. The van der Waals surface area contributed by atoms with Gasteiger partial charge in [-0.2, -0.15) is 0 Å². The molecule has 8 nitrogen and oxygen atoms in total. The Morgan fingerprint density at radius 3 is 2.28 bits per heavy atom. The van der Waals surface area contributed by atoms with Crippen molar-refractivity contribution >= 4 is 28.2 Å². The summed E-state index contributed by atoms with van der Waals surface area (Å²) in [4.78, 5) is 10.1. The molecule has 2 aromatic rings. The molecule has 10 heteroatoms. The summed E-state index contributed by atoms with van der Waals surface area (Å²) in [5.74, 6) is -0.213. The number of nitrogens with zero attached hydrogens (tertiary/aromatic N) is 1. The number of rotatable bonds is 6. The summed E-state index contributed by atoms with van der Waals surface area (Å²) < 4.78 is 36.8. The van der Waals surface area contributed by atoms with Crippen LogP contribution in [0.4, 0.5) is 5.69 Å². The molecule has 0 spiro atoms. The van der Waals surface area contributed by atoms with Crippen LogP contribution >= 0.6 is 0 Å². The second kappa shape index (κ2) is 9.09. The van der Waals surface area contributed by atoms with Gasteiger partial charge in [0.1, 0.15) is 5.75 Å². The van der Waals surface area contributed by atoms with Gasteiger partial charge in [-0.3, -0.25) is 10.1 Å². The number of aliphatic hydroxyl groups is 1. The molecule has 0 aliphatic carbocycles. The molecule has 2 aromatic carbocycles. The van der Waals surface area contributed by atoms with Gasteiger partial charge in [0, 0.05) is 17.7 Å². The van der Waals surface area contributed by atoms with Gasteiger partial charge in [0.2, 0.25) is 0 Å². The van der Waals surface area contributed by atoms with Crippen molar-refractivity contribution < 1.29 is 56.7 Å². The molecular weight excluding hydrogens is 361 g/mol. The number of nitro benzene ring substituents is 1. The summed E-state index contributed by atoms with van der Waals surface area (Å²) in [6.07, 6.45) is 3.06. The third kappa shape index (κ3) is 6.58. The molecule has 0 aliphatic rings. The van der Waals surface area contributed by atoms with Crippen molar-refractivity contribution in [1.29, 1.82) is 0 Å². The maximum atomic E-state index is 10.8. The van der Waals surface area contributed by atoms with Crippen molar-refractivity contribution in [2.75, 3.05) is 0 Å². The minimum absolute atomic E-state index is 0. The molecule has 1 N–H and O–H groups in total. The van der Waals surface area contributed by atoms with Gasteiger partial charge in [0.25, 0.3) is 16.1 Å². The van der Waals surface area contributed by atoms with Crippen LogP contribution in [0.25, 0.3) is 12.2 Å². The van der Waals surface area contributed by atoms with Gasteiger partial charge < -0.3 is 13.8 Å². The summed E-state index contributed by atoms with van der Waals surface area (Å²) in [6.45, 7) is -0.346. The third-order valence-corrected chi connectivity index (χ3v) is 3.40. The van der Waals surface area contributed by atoms with Gasteiger partial charge in [0.05, 0.1) is 11.5 Å².